The average molecular weight is 385 g/mol. The molecule has 146 valence electrons. The predicted octanol–water partition coefficient (Wildman–Crippen LogP) is 3.68. The molecule has 5 rings (SSSR count). The Morgan fingerprint density at radius 2 is 1.69 bits per heavy atom. The van der Waals surface area contributed by atoms with E-state index in [0.717, 1.165) is 60.9 Å². The van der Waals surface area contributed by atoms with E-state index in [9.17, 15) is 0 Å². The zero-order valence-corrected chi connectivity index (χ0v) is 16.2. The molecule has 1 aliphatic heterocycles. The second-order valence-electron chi connectivity index (χ2n) is 7.29. The minimum Gasteiger partial charge on any atom is -0.354 e. The highest BCUT2D eigenvalue weighted by molar-refractivity contribution is 5.98. The maximum absolute atomic E-state index is 5.70. The molecule has 0 amide bonds. The van der Waals surface area contributed by atoms with E-state index in [1.54, 1.807) is 0 Å². The molecule has 1 fully saturated rings. The normalized spacial score (nSPS) is 14.8. The van der Waals surface area contributed by atoms with E-state index >= 15 is 0 Å². The lowest BCUT2D eigenvalue weighted by Crippen LogP contribution is -2.29. The van der Waals surface area contributed by atoms with Gasteiger partial charge in [-0.3, -0.25) is 0 Å². The number of nitrogens with zero attached hydrogens (tertiary/aromatic N) is 4. The maximum atomic E-state index is 5.70. The third-order valence-electron chi connectivity index (χ3n) is 5.26. The third-order valence-corrected chi connectivity index (χ3v) is 5.26. The minimum absolute atomic E-state index is 0.553. The average Bonchev–Trinajstić information content (AvgIpc) is 3.00. The number of aromatic nitrogens is 3. The second-order valence-corrected chi connectivity index (χ2v) is 7.29. The third kappa shape index (κ3) is 3.71. The Bertz CT molecular complexity index is 1090. The van der Waals surface area contributed by atoms with Gasteiger partial charge in [-0.25, -0.2) is 4.98 Å². The van der Waals surface area contributed by atoms with E-state index in [1.165, 1.54) is 5.56 Å². The Morgan fingerprint density at radius 1 is 0.897 bits per heavy atom. The van der Waals surface area contributed by atoms with Crippen LogP contribution in [0.1, 0.15) is 17.8 Å². The van der Waals surface area contributed by atoms with E-state index in [4.69, 9.17) is 14.5 Å². The van der Waals surface area contributed by atoms with Crippen LogP contribution in [0.5, 0.6) is 0 Å². The van der Waals surface area contributed by atoms with Gasteiger partial charge in [0.25, 0.3) is 5.71 Å². The summed E-state index contributed by atoms with van der Waals surface area (Å²) in [5, 5.41) is 8.74. The van der Waals surface area contributed by atoms with Crippen molar-refractivity contribution in [2.75, 3.05) is 31.1 Å². The number of hydrogen-bond acceptors (Lipinski definition) is 6. The molecule has 2 aromatic carbocycles. The number of nitrogens with one attached hydrogen (secondary N) is 1. The standard InChI is InChI=1S/C23H23N5O/c1-3-8-17(9-4-1)16-19-25-22(28-14-7-12-24-13-15-28)20-21(27-29-23(20)26-19)18-10-5-2-6-11-18/h1-6,8-11,24H,7,12-16H2. The Kier molecular flexibility index (Phi) is 4.92. The van der Waals surface area contributed by atoms with Crippen LogP contribution in [-0.2, 0) is 6.42 Å². The molecule has 0 aliphatic carbocycles. The van der Waals surface area contributed by atoms with Gasteiger partial charge in [-0.1, -0.05) is 65.8 Å². The summed E-state index contributed by atoms with van der Waals surface area (Å²) in [4.78, 5) is 12.1. The number of benzene rings is 2. The fourth-order valence-electron chi connectivity index (χ4n) is 3.82. The molecule has 6 heteroatoms. The van der Waals surface area contributed by atoms with Gasteiger partial charge >= 0.3 is 0 Å². The molecule has 1 saturated heterocycles. The van der Waals surface area contributed by atoms with Crippen molar-refractivity contribution in [3.63, 3.8) is 0 Å². The van der Waals surface area contributed by atoms with Gasteiger partial charge < -0.3 is 14.7 Å². The van der Waals surface area contributed by atoms with Gasteiger partial charge in [0, 0.05) is 31.6 Å². The van der Waals surface area contributed by atoms with Crippen molar-refractivity contribution < 1.29 is 4.52 Å². The first-order chi connectivity index (χ1) is 14.4. The van der Waals surface area contributed by atoms with E-state index in [2.05, 4.69) is 27.5 Å². The topological polar surface area (TPSA) is 67.1 Å². The van der Waals surface area contributed by atoms with Gasteiger partial charge in [0.15, 0.2) is 0 Å². The Morgan fingerprint density at radius 3 is 2.52 bits per heavy atom. The molecular weight excluding hydrogens is 362 g/mol. The van der Waals surface area contributed by atoms with Crippen LogP contribution in [0.15, 0.2) is 65.2 Å². The molecule has 0 radical (unpaired) electrons. The largest absolute Gasteiger partial charge is 0.354 e. The van der Waals surface area contributed by atoms with E-state index in [-0.39, 0.29) is 0 Å². The van der Waals surface area contributed by atoms with Crippen LogP contribution in [0.3, 0.4) is 0 Å². The first kappa shape index (κ1) is 17.8. The monoisotopic (exact) mass is 385 g/mol. The maximum Gasteiger partial charge on any atom is 0.263 e. The van der Waals surface area contributed by atoms with Gasteiger partial charge in [-0.2, -0.15) is 4.98 Å². The smallest absolute Gasteiger partial charge is 0.263 e. The zero-order valence-electron chi connectivity index (χ0n) is 16.2. The molecule has 1 N–H and O–H groups in total. The second kappa shape index (κ2) is 8.01. The Labute approximate surface area is 169 Å². The summed E-state index contributed by atoms with van der Waals surface area (Å²) in [6, 6.07) is 20.4. The van der Waals surface area contributed by atoms with E-state index < -0.39 is 0 Å². The van der Waals surface area contributed by atoms with Crippen LogP contribution in [0, 0.1) is 0 Å². The lowest BCUT2D eigenvalue weighted by atomic mass is 10.1. The summed E-state index contributed by atoms with van der Waals surface area (Å²) >= 11 is 0. The number of fused-ring (bicyclic) bond motifs is 1. The summed E-state index contributed by atoms with van der Waals surface area (Å²) in [5.41, 5.74) is 3.55. The van der Waals surface area contributed by atoms with Crippen LogP contribution in [0.25, 0.3) is 22.4 Å². The highest BCUT2D eigenvalue weighted by atomic mass is 16.5. The highest BCUT2D eigenvalue weighted by Gasteiger charge is 2.23. The molecule has 29 heavy (non-hydrogen) atoms. The SMILES string of the molecule is c1ccc(Cc2nc(N3CCCNCC3)c3c(-c4ccccc4)noc3n2)cc1. The van der Waals surface area contributed by atoms with Crippen molar-refractivity contribution in [3.05, 3.63) is 72.1 Å². The van der Waals surface area contributed by atoms with Crippen molar-refractivity contribution >= 4 is 16.9 Å². The quantitative estimate of drug-likeness (QED) is 0.578. The van der Waals surface area contributed by atoms with Crippen molar-refractivity contribution in [3.8, 4) is 11.3 Å². The van der Waals surface area contributed by atoms with Crippen LogP contribution < -0.4 is 10.2 Å². The minimum atomic E-state index is 0.553. The molecule has 4 aromatic rings. The molecule has 0 spiro atoms. The lowest BCUT2D eigenvalue weighted by molar-refractivity contribution is 0.450. The summed E-state index contributed by atoms with van der Waals surface area (Å²) in [6.45, 7) is 3.81. The number of rotatable bonds is 4. The summed E-state index contributed by atoms with van der Waals surface area (Å²) < 4.78 is 5.70. The van der Waals surface area contributed by atoms with Gasteiger partial charge in [-0.05, 0) is 18.5 Å². The van der Waals surface area contributed by atoms with Gasteiger partial charge in [-0.15, -0.1) is 0 Å². The summed E-state index contributed by atoms with van der Waals surface area (Å²) in [7, 11) is 0. The zero-order chi connectivity index (χ0) is 19.5. The van der Waals surface area contributed by atoms with Gasteiger partial charge in [0.2, 0.25) is 0 Å². The first-order valence-corrected chi connectivity index (χ1v) is 10.1. The number of hydrogen-bond donors (Lipinski definition) is 1. The number of anilines is 1. The molecule has 0 unspecified atom stereocenters. The van der Waals surface area contributed by atoms with Crippen molar-refractivity contribution in [1.29, 1.82) is 0 Å². The van der Waals surface area contributed by atoms with Crippen LogP contribution in [-0.4, -0.2) is 41.3 Å². The fraction of sp³-hybridized carbons (Fsp3) is 0.261. The van der Waals surface area contributed by atoms with Gasteiger partial charge in [0.05, 0.1) is 0 Å². The molecular formula is C23H23N5O. The predicted molar refractivity (Wildman–Crippen MR) is 114 cm³/mol. The molecule has 3 heterocycles. The Balaban J connectivity index is 1.64. The highest BCUT2D eigenvalue weighted by Crippen LogP contribution is 2.34. The fourth-order valence-corrected chi connectivity index (χ4v) is 3.82. The molecule has 1 aliphatic rings. The van der Waals surface area contributed by atoms with Crippen molar-refractivity contribution in [2.24, 2.45) is 0 Å². The molecule has 6 nitrogen and oxygen atoms in total. The summed E-state index contributed by atoms with van der Waals surface area (Å²) in [5.74, 6) is 1.68. The lowest BCUT2D eigenvalue weighted by Gasteiger charge is -2.22. The van der Waals surface area contributed by atoms with Crippen LogP contribution >= 0.6 is 0 Å². The Hall–Kier alpha value is -3.25. The molecule has 0 saturated carbocycles. The molecule has 0 atom stereocenters. The van der Waals surface area contributed by atoms with Crippen LogP contribution in [0.2, 0.25) is 0 Å². The van der Waals surface area contributed by atoms with E-state index in [1.807, 2.05) is 48.5 Å². The first-order valence-electron chi connectivity index (χ1n) is 10.1. The summed E-state index contributed by atoms with van der Waals surface area (Å²) in [6.07, 6.45) is 1.74. The van der Waals surface area contributed by atoms with E-state index in [0.29, 0.717) is 12.1 Å². The molecule has 0 bridgehead atoms. The van der Waals surface area contributed by atoms with Crippen molar-refractivity contribution in [2.45, 2.75) is 12.8 Å². The van der Waals surface area contributed by atoms with Crippen molar-refractivity contribution in [1.82, 2.24) is 20.4 Å². The molecule has 2 aromatic heterocycles. The van der Waals surface area contributed by atoms with Crippen LogP contribution in [0.4, 0.5) is 5.82 Å². The van der Waals surface area contributed by atoms with Gasteiger partial charge in [0.1, 0.15) is 22.7 Å².